The molecule has 0 unspecified atom stereocenters. The molecule has 0 bridgehead atoms. The Morgan fingerprint density at radius 1 is 1.09 bits per heavy atom. The molecule has 10 heteroatoms. The van der Waals surface area contributed by atoms with Gasteiger partial charge in [0.2, 0.25) is 0 Å². The highest BCUT2D eigenvalue weighted by Gasteiger charge is 2.16. The van der Waals surface area contributed by atoms with Crippen molar-refractivity contribution in [1.82, 2.24) is 20.2 Å². The van der Waals surface area contributed by atoms with Crippen LogP contribution in [0.1, 0.15) is 12.5 Å². The first-order chi connectivity index (χ1) is 15.6. The second kappa shape index (κ2) is 11.2. The number of hydrogen-bond donors (Lipinski definition) is 1. The number of hydrazone groups is 1. The number of ether oxygens (including phenoxy) is 3. The van der Waals surface area contributed by atoms with Gasteiger partial charge in [0.15, 0.2) is 22.5 Å². The number of aromatic nitrogens is 3. The van der Waals surface area contributed by atoms with E-state index >= 15 is 0 Å². The molecule has 1 aromatic heterocycles. The molecule has 32 heavy (non-hydrogen) atoms. The first-order valence-electron chi connectivity index (χ1n) is 9.84. The lowest BCUT2D eigenvalue weighted by Gasteiger charge is -2.10. The SMILES string of the molecule is CCn1c(SCC(=O)N/N=C/c2cccc(OC)c2)nnc1-c1ccc(OC)c(OC)c1. The maximum Gasteiger partial charge on any atom is 0.250 e. The summed E-state index contributed by atoms with van der Waals surface area (Å²) in [6, 6.07) is 13.0. The Morgan fingerprint density at radius 3 is 2.62 bits per heavy atom. The summed E-state index contributed by atoms with van der Waals surface area (Å²) in [4.78, 5) is 12.2. The third-order valence-electron chi connectivity index (χ3n) is 4.50. The summed E-state index contributed by atoms with van der Waals surface area (Å²) in [6.45, 7) is 2.64. The lowest BCUT2D eigenvalue weighted by Crippen LogP contribution is -2.20. The van der Waals surface area contributed by atoms with Gasteiger partial charge in [-0.25, -0.2) is 5.43 Å². The van der Waals surface area contributed by atoms with Crippen molar-refractivity contribution >= 4 is 23.9 Å². The van der Waals surface area contributed by atoms with E-state index in [1.807, 2.05) is 54.0 Å². The van der Waals surface area contributed by atoms with E-state index in [1.54, 1.807) is 27.5 Å². The summed E-state index contributed by atoms with van der Waals surface area (Å²) in [7, 11) is 4.77. The van der Waals surface area contributed by atoms with Crippen molar-refractivity contribution in [2.24, 2.45) is 5.10 Å². The Kier molecular flexibility index (Phi) is 8.09. The van der Waals surface area contributed by atoms with E-state index in [4.69, 9.17) is 14.2 Å². The largest absolute Gasteiger partial charge is 0.497 e. The molecule has 0 aliphatic rings. The van der Waals surface area contributed by atoms with Gasteiger partial charge in [0.05, 0.1) is 33.3 Å². The molecule has 0 saturated heterocycles. The van der Waals surface area contributed by atoms with Gasteiger partial charge in [-0.15, -0.1) is 10.2 Å². The minimum atomic E-state index is -0.243. The summed E-state index contributed by atoms with van der Waals surface area (Å²) in [5, 5.41) is 13.2. The van der Waals surface area contributed by atoms with E-state index in [0.29, 0.717) is 29.0 Å². The van der Waals surface area contributed by atoms with Crippen LogP contribution >= 0.6 is 11.8 Å². The van der Waals surface area contributed by atoms with E-state index in [0.717, 1.165) is 16.9 Å². The summed E-state index contributed by atoms with van der Waals surface area (Å²) >= 11 is 1.29. The predicted octanol–water partition coefficient (Wildman–Crippen LogP) is 3.23. The van der Waals surface area contributed by atoms with Gasteiger partial charge >= 0.3 is 0 Å². The first kappa shape index (κ1) is 23.1. The fraction of sp³-hybridized carbons (Fsp3) is 0.273. The Balaban J connectivity index is 1.64. The zero-order valence-electron chi connectivity index (χ0n) is 18.4. The number of carbonyl (C=O) groups excluding carboxylic acids is 1. The summed E-state index contributed by atoms with van der Waals surface area (Å²) in [5.74, 6) is 2.57. The van der Waals surface area contributed by atoms with Gasteiger partial charge in [0.1, 0.15) is 5.75 Å². The lowest BCUT2D eigenvalue weighted by molar-refractivity contribution is -0.118. The number of amides is 1. The number of hydrogen-bond acceptors (Lipinski definition) is 8. The molecular formula is C22H25N5O4S. The molecular weight excluding hydrogens is 430 g/mol. The maximum atomic E-state index is 12.2. The van der Waals surface area contributed by atoms with Gasteiger partial charge in [0, 0.05) is 12.1 Å². The average Bonchev–Trinajstić information content (AvgIpc) is 3.25. The molecule has 0 atom stereocenters. The normalized spacial score (nSPS) is 10.9. The molecule has 1 N–H and O–H groups in total. The van der Waals surface area contributed by atoms with Crippen LogP contribution in [-0.2, 0) is 11.3 Å². The lowest BCUT2D eigenvalue weighted by atomic mass is 10.2. The van der Waals surface area contributed by atoms with Crippen LogP contribution in [0.25, 0.3) is 11.4 Å². The van der Waals surface area contributed by atoms with Crippen molar-refractivity contribution in [2.45, 2.75) is 18.6 Å². The van der Waals surface area contributed by atoms with E-state index in [-0.39, 0.29) is 11.7 Å². The van der Waals surface area contributed by atoms with Crippen LogP contribution in [0.5, 0.6) is 17.2 Å². The monoisotopic (exact) mass is 455 g/mol. The van der Waals surface area contributed by atoms with E-state index in [1.165, 1.54) is 11.8 Å². The maximum absolute atomic E-state index is 12.2. The zero-order valence-corrected chi connectivity index (χ0v) is 19.2. The second-order valence-corrected chi connectivity index (χ2v) is 7.42. The van der Waals surface area contributed by atoms with E-state index < -0.39 is 0 Å². The molecule has 0 radical (unpaired) electrons. The molecule has 0 spiro atoms. The smallest absolute Gasteiger partial charge is 0.250 e. The van der Waals surface area contributed by atoms with Crippen LogP contribution in [0.15, 0.2) is 52.7 Å². The molecule has 3 rings (SSSR count). The van der Waals surface area contributed by atoms with Crippen LogP contribution in [0.4, 0.5) is 0 Å². The number of nitrogens with one attached hydrogen (secondary N) is 1. The van der Waals surface area contributed by atoms with E-state index in [9.17, 15) is 4.79 Å². The van der Waals surface area contributed by atoms with Gasteiger partial charge in [0.25, 0.3) is 5.91 Å². The fourth-order valence-electron chi connectivity index (χ4n) is 2.93. The summed E-state index contributed by atoms with van der Waals surface area (Å²) < 4.78 is 17.8. The van der Waals surface area contributed by atoms with Crippen molar-refractivity contribution in [3.8, 4) is 28.6 Å². The molecule has 2 aromatic carbocycles. The van der Waals surface area contributed by atoms with Crippen molar-refractivity contribution in [3.63, 3.8) is 0 Å². The molecule has 0 saturated carbocycles. The Labute approximate surface area is 190 Å². The molecule has 1 heterocycles. The van der Waals surface area contributed by atoms with Crippen LogP contribution in [-0.4, -0.2) is 54.0 Å². The fourth-order valence-corrected chi connectivity index (χ4v) is 3.73. The highest BCUT2D eigenvalue weighted by molar-refractivity contribution is 7.99. The van der Waals surface area contributed by atoms with Crippen molar-refractivity contribution in [1.29, 1.82) is 0 Å². The van der Waals surface area contributed by atoms with Crippen LogP contribution in [0.3, 0.4) is 0 Å². The highest BCUT2D eigenvalue weighted by Crippen LogP contribution is 2.32. The topological polar surface area (TPSA) is 99.9 Å². The van der Waals surface area contributed by atoms with Gasteiger partial charge in [-0.2, -0.15) is 5.10 Å². The van der Waals surface area contributed by atoms with Crippen molar-refractivity contribution in [2.75, 3.05) is 27.1 Å². The molecule has 168 valence electrons. The third kappa shape index (κ3) is 5.58. The molecule has 0 aliphatic carbocycles. The van der Waals surface area contributed by atoms with Crippen LogP contribution in [0.2, 0.25) is 0 Å². The van der Waals surface area contributed by atoms with Crippen LogP contribution in [0, 0.1) is 0 Å². The number of thioether (sulfide) groups is 1. The Bertz CT molecular complexity index is 1100. The molecule has 1 amide bonds. The zero-order chi connectivity index (χ0) is 22.9. The third-order valence-corrected chi connectivity index (χ3v) is 5.47. The minimum Gasteiger partial charge on any atom is -0.497 e. The van der Waals surface area contributed by atoms with E-state index in [2.05, 4.69) is 20.7 Å². The summed E-state index contributed by atoms with van der Waals surface area (Å²) in [5.41, 5.74) is 4.19. The standard InChI is InChI=1S/C22H25N5O4S/c1-5-27-21(16-9-10-18(30-3)19(12-16)31-4)25-26-22(27)32-14-20(28)24-23-13-15-7-6-8-17(11-15)29-2/h6-13H,5,14H2,1-4H3,(H,24,28)/b23-13+. The Hall–Kier alpha value is -3.53. The molecule has 3 aromatic rings. The van der Waals surface area contributed by atoms with Gasteiger partial charge < -0.3 is 18.8 Å². The number of nitrogens with zero attached hydrogens (tertiary/aromatic N) is 4. The van der Waals surface area contributed by atoms with Gasteiger partial charge in [-0.1, -0.05) is 23.9 Å². The van der Waals surface area contributed by atoms with Crippen molar-refractivity contribution < 1.29 is 19.0 Å². The number of methoxy groups -OCH3 is 3. The summed E-state index contributed by atoms with van der Waals surface area (Å²) in [6.07, 6.45) is 1.56. The van der Waals surface area contributed by atoms with Crippen molar-refractivity contribution in [3.05, 3.63) is 48.0 Å². The molecule has 9 nitrogen and oxygen atoms in total. The van der Waals surface area contributed by atoms with Gasteiger partial charge in [-0.3, -0.25) is 4.79 Å². The highest BCUT2D eigenvalue weighted by atomic mass is 32.2. The minimum absolute atomic E-state index is 0.152. The Morgan fingerprint density at radius 2 is 1.91 bits per heavy atom. The van der Waals surface area contributed by atoms with Gasteiger partial charge in [-0.05, 0) is 42.8 Å². The first-order valence-corrected chi connectivity index (χ1v) is 10.8. The van der Waals surface area contributed by atoms with Crippen LogP contribution < -0.4 is 19.6 Å². The number of rotatable bonds is 10. The predicted molar refractivity (Wildman–Crippen MR) is 124 cm³/mol. The average molecular weight is 456 g/mol. The quantitative estimate of drug-likeness (QED) is 0.285. The molecule has 0 fully saturated rings. The number of benzene rings is 2. The second-order valence-electron chi connectivity index (χ2n) is 6.48. The molecule has 0 aliphatic heterocycles. The number of carbonyl (C=O) groups is 1.